The van der Waals surface area contributed by atoms with Gasteiger partial charge < -0.3 is 5.32 Å². The van der Waals surface area contributed by atoms with Gasteiger partial charge in [-0.1, -0.05) is 88.6 Å². The lowest BCUT2D eigenvalue weighted by atomic mass is 10.0. The van der Waals surface area contributed by atoms with Crippen LogP contribution in [0, 0.1) is 0 Å². The zero-order valence-corrected chi connectivity index (χ0v) is 20.7. The monoisotopic (exact) mass is 467 g/mol. The Labute approximate surface area is 199 Å². The van der Waals surface area contributed by atoms with Crippen molar-refractivity contribution in [2.45, 2.75) is 122 Å². The van der Waals surface area contributed by atoms with Gasteiger partial charge in [-0.3, -0.25) is 4.79 Å². The fourth-order valence-electron chi connectivity index (χ4n) is 3.98. The van der Waals surface area contributed by atoms with Gasteiger partial charge in [0.15, 0.2) is 0 Å². The first kappa shape index (κ1) is 29.3. The van der Waals surface area contributed by atoms with Crippen LogP contribution in [0.2, 0.25) is 0 Å². The van der Waals surface area contributed by atoms with E-state index in [0.717, 1.165) is 37.8 Å². The van der Waals surface area contributed by atoms with E-state index in [2.05, 4.69) is 24.4 Å². The Morgan fingerprint density at radius 2 is 1.48 bits per heavy atom. The van der Waals surface area contributed by atoms with Gasteiger partial charge in [-0.2, -0.15) is 13.2 Å². The minimum Gasteiger partial charge on any atom is -0.353 e. The van der Waals surface area contributed by atoms with Crippen molar-refractivity contribution in [2.24, 2.45) is 0 Å². The Kier molecular flexibility index (Phi) is 15.7. The molecule has 0 spiro atoms. The van der Waals surface area contributed by atoms with Gasteiger partial charge in [-0.05, 0) is 57.1 Å². The number of nitrogens with one attached hydrogen (secondary N) is 1. The number of carbonyl (C=O) groups is 1. The van der Waals surface area contributed by atoms with E-state index in [4.69, 9.17) is 0 Å². The maximum Gasteiger partial charge on any atom is 0.416 e. The summed E-state index contributed by atoms with van der Waals surface area (Å²) in [5.41, 5.74) is -0.0644. The van der Waals surface area contributed by atoms with Gasteiger partial charge in [0.05, 0.1) is 5.56 Å². The van der Waals surface area contributed by atoms with E-state index in [1.807, 2.05) is 6.92 Å². The van der Waals surface area contributed by atoms with Crippen LogP contribution in [0.4, 0.5) is 13.2 Å². The summed E-state index contributed by atoms with van der Waals surface area (Å²) in [5.74, 6) is -0.0212. The molecule has 0 radical (unpaired) electrons. The van der Waals surface area contributed by atoms with Crippen molar-refractivity contribution in [3.63, 3.8) is 0 Å². The molecule has 0 aliphatic heterocycles. The molecule has 0 bridgehead atoms. The number of unbranched alkanes of at least 4 members (excludes halogenated alkanes) is 11. The van der Waals surface area contributed by atoms with Crippen molar-refractivity contribution in [3.8, 4) is 0 Å². The number of rotatable bonds is 18. The summed E-state index contributed by atoms with van der Waals surface area (Å²) < 4.78 is 38.5. The highest BCUT2D eigenvalue weighted by Gasteiger charge is 2.30. The second-order valence-corrected chi connectivity index (χ2v) is 9.21. The normalized spacial score (nSPS) is 12.9. The van der Waals surface area contributed by atoms with Gasteiger partial charge in [0.1, 0.15) is 0 Å². The van der Waals surface area contributed by atoms with Gasteiger partial charge in [-0.15, -0.1) is 0 Å². The molecule has 1 rings (SSSR count). The van der Waals surface area contributed by atoms with Crippen LogP contribution >= 0.6 is 0 Å². The number of hydrogen-bond donors (Lipinski definition) is 1. The van der Waals surface area contributed by atoms with Crippen LogP contribution in [-0.2, 0) is 17.4 Å². The number of halogens is 3. The highest BCUT2D eigenvalue weighted by Crippen LogP contribution is 2.29. The Hall–Kier alpha value is -1.78. The molecule has 2 nitrogen and oxygen atoms in total. The molecule has 0 aliphatic carbocycles. The van der Waals surface area contributed by atoms with Gasteiger partial charge in [0.25, 0.3) is 0 Å². The molecule has 0 fully saturated rings. The lowest BCUT2D eigenvalue weighted by molar-refractivity contribution is -0.137. The maximum atomic E-state index is 12.8. The molecular formula is C28H44F3NO. The molecule has 33 heavy (non-hydrogen) atoms. The molecule has 5 heteroatoms. The zero-order valence-electron chi connectivity index (χ0n) is 20.7. The first-order valence-corrected chi connectivity index (χ1v) is 12.9. The van der Waals surface area contributed by atoms with Crippen LogP contribution in [0.1, 0.15) is 115 Å². The number of carbonyl (C=O) groups excluding carboxylic acids is 1. The van der Waals surface area contributed by atoms with Crippen molar-refractivity contribution in [2.75, 3.05) is 0 Å². The molecule has 1 amide bonds. The van der Waals surface area contributed by atoms with Gasteiger partial charge in [-0.25, -0.2) is 0 Å². The summed E-state index contributed by atoms with van der Waals surface area (Å²) in [6.07, 6.45) is 17.0. The van der Waals surface area contributed by atoms with E-state index in [-0.39, 0.29) is 11.9 Å². The first-order valence-electron chi connectivity index (χ1n) is 12.9. The summed E-state index contributed by atoms with van der Waals surface area (Å²) in [6, 6.07) is 5.12. The number of amides is 1. The Bertz CT molecular complexity index is 669. The molecule has 0 saturated carbocycles. The smallest absolute Gasteiger partial charge is 0.353 e. The third-order valence-corrected chi connectivity index (χ3v) is 5.87. The standard InChI is InChI=1S/C28H44F3NO/c1-3-4-5-6-7-8-9-10-11-12-13-14-15-16-17-21-27(33)32-24(2)22-25-19-18-20-26(23-25)28(29,30)31/h10-11,18-20,23-24H,3-9,12-17,21-22H2,1-2H3,(H,32,33). The van der Waals surface area contributed by atoms with Crippen LogP contribution in [0.3, 0.4) is 0 Å². The minimum atomic E-state index is -4.34. The molecule has 0 saturated heterocycles. The molecule has 188 valence electrons. The van der Waals surface area contributed by atoms with Crippen molar-refractivity contribution in [1.29, 1.82) is 0 Å². The second-order valence-electron chi connectivity index (χ2n) is 9.21. The van der Waals surface area contributed by atoms with Crippen molar-refractivity contribution in [1.82, 2.24) is 5.32 Å². The predicted molar refractivity (Wildman–Crippen MR) is 132 cm³/mol. The maximum absolute atomic E-state index is 12.8. The topological polar surface area (TPSA) is 29.1 Å². The molecule has 0 heterocycles. The zero-order chi connectivity index (χ0) is 24.4. The largest absolute Gasteiger partial charge is 0.416 e. The third kappa shape index (κ3) is 15.6. The van der Waals surface area contributed by atoms with Crippen molar-refractivity contribution < 1.29 is 18.0 Å². The summed E-state index contributed by atoms with van der Waals surface area (Å²) in [4.78, 5) is 12.1. The third-order valence-electron chi connectivity index (χ3n) is 5.87. The first-order chi connectivity index (χ1) is 15.8. The fourth-order valence-corrected chi connectivity index (χ4v) is 3.98. The summed E-state index contributed by atoms with van der Waals surface area (Å²) in [7, 11) is 0. The quantitative estimate of drug-likeness (QED) is 0.170. The Morgan fingerprint density at radius 1 is 0.909 bits per heavy atom. The minimum absolute atomic E-state index is 0.0212. The van der Waals surface area contributed by atoms with Crippen molar-refractivity contribution in [3.05, 3.63) is 47.5 Å². The lowest BCUT2D eigenvalue weighted by Crippen LogP contribution is -2.33. The van der Waals surface area contributed by atoms with Gasteiger partial charge in [0.2, 0.25) is 5.91 Å². The molecule has 1 aromatic rings. The van der Waals surface area contributed by atoms with Crippen LogP contribution < -0.4 is 5.32 Å². The number of allylic oxidation sites excluding steroid dienone is 2. The van der Waals surface area contributed by atoms with E-state index in [0.29, 0.717) is 18.4 Å². The van der Waals surface area contributed by atoms with Crippen LogP contribution in [0.15, 0.2) is 36.4 Å². The number of hydrogen-bond acceptors (Lipinski definition) is 1. The predicted octanol–water partition coefficient (Wildman–Crippen LogP) is 8.79. The molecule has 1 aromatic carbocycles. The van der Waals surface area contributed by atoms with E-state index >= 15 is 0 Å². The molecule has 1 atom stereocenters. The fraction of sp³-hybridized carbons (Fsp3) is 0.679. The number of alkyl halides is 3. The van der Waals surface area contributed by atoms with E-state index < -0.39 is 11.7 Å². The highest BCUT2D eigenvalue weighted by molar-refractivity contribution is 5.76. The SMILES string of the molecule is CCCCCCCCC=CCCCCCCCC(=O)NC(C)Cc1cccc(C(F)(F)F)c1. The van der Waals surface area contributed by atoms with Gasteiger partial charge in [0, 0.05) is 12.5 Å². The highest BCUT2D eigenvalue weighted by atomic mass is 19.4. The molecule has 1 N–H and O–H groups in total. The lowest BCUT2D eigenvalue weighted by Gasteiger charge is -2.15. The van der Waals surface area contributed by atoms with E-state index in [9.17, 15) is 18.0 Å². The molecular weight excluding hydrogens is 423 g/mol. The van der Waals surface area contributed by atoms with E-state index in [1.54, 1.807) is 6.07 Å². The van der Waals surface area contributed by atoms with Crippen LogP contribution in [-0.4, -0.2) is 11.9 Å². The van der Waals surface area contributed by atoms with Crippen molar-refractivity contribution >= 4 is 5.91 Å². The average Bonchev–Trinajstić information content (AvgIpc) is 2.76. The molecule has 1 unspecified atom stereocenters. The van der Waals surface area contributed by atoms with Crippen LogP contribution in [0.25, 0.3) is 0 Å². The van der Waals surface area contributed by atoms with Gasteiger partial charge >= 0.3 is 6.18 Å². The Morgan fingerprint density at radius 3 is 2.09 bits per heavy atom. The second kappa shape index (κ2) is 17.7. The van der Waals surface area contributed by atoms with E-state index in [1.165, 1.54) is 63.9 Å². The number of benzene rings is 1. The van der Waals surface area contributed by atoms with Crippen LogP contribution in [0.5, 0.6) is 0 Å². The summed E-state index contributed by atoms with van der Waals surface area (Å²) in [6.45, 7) is 4.08. The average molecular weight is 468 g/mol. The molecule has 0 aliphatic rings. The summed E-state index contributed by atoms with van der Waals surface area (Å²) in [5, 5.41) is 2.91. The Balaban J connectivity index is 2.02. The molecule has 0 aromatic heterocycles. The summed E-state index contributed by atoms with van der Waals surface area (Å²) >= 11 is 0.